The lowest BCUT2D eigenvalue weighted by Gasteiger charge is -2.24. The number of nitrogens with one attached hydrogen (secondary N) is 1. The van der Waals surface area contributed by atoms with E-state index in [1.807, 2.05) is 0 Å². The normalized spacial score (nSPS) is 13.1. The van der Waals surface area contributed by atoms with E-state index in [4.69, 9.17) is 4.74 Å². The lowest BCUT2D eigenvalue weighted by Crippen LogP contribution is -2.46. The van der Waals surface area contributed by atoms with Crippen molar-refractivity contribution in [3.05, 3.63) is 0 Å². The second-order valence-corrected chi connectivity index (χ2v) is 18.3. The van der Waals surface area contributed by atoms with Gasteiger partial charge in [0, 0.05) is 6.42 Å². The van der Waals surface area contributed by atoms with Crippen LogP contribution in [0.15, 0.2) is 0 Å². The van der Waals surface area contributed by atoms with Crippen molar-refractivity contribution in [2.75, 3.05) is 6.61 Å². The molecule has 3 unspecified atom stereocenters. The van der Waals surface area contributed by atoms with Crippen LogP contribution in [0.4, 0.5) is 0 Å². The molecule has 0 bridgehead atoms. The molecule has 0 aromatic heterocycles. The first-order valence-corrected chi connectivity index (χ1v) is 26.3. The number of unbranched alkanes of at least 4 members (excludes halogenated alkanes) is 36. The monoisotopic (exact) mass is 822 g/mol. The highest BCUT2D eigenvalue weighted by Gasteiger charge is 2.24. The highest BCUT2D eigenvalue weighted by molar-refractivity contribution is 5.77. The fraction of sp³-hybridized carbons (Fsp3) is 0.962. The van der Waals surface area contributed by atoms with Crippen molar-refractivity contribution in [1.29, 1.82) is 0 Å². The van der Waals surface area contributed by atoms with Crippen molar-refractivity contribution in [2.24, 2.45) is 0 Å². The van der Waals surface area contributed by atoms with E-state index in [-0.39, 0.29) is 24.9 Å². The molecule has 0 aliphatic rings. The predicted molar refractivity (Wildman–Crippen MR) is 250 cm³/mol. The van der Waals surface area contributed by atoms with E-state index in [1.54, 1.807) is 0 Å². The number of ether oxygens (including phenoxy) is 1. The largest absolute Gasteiger partial charge is 0.462 e. The maximum Gasteiger partial charge on any atom is 0.306 e. The Balaban J connectivity index is 4.50. The second-order valence-electron chi connectivity index (χ2n) is 18.3. The Bertz CT molecular complexity index is 837. The molecule has 3 N–H and O–H groups in total. The zero-order valence-electron chi connectivity index (χ0n) is 39.5. The minimum Gasteiger partial charge on any atom is -0.462 e. The van der Waals surface area contributed by atoms with E-state index >= 15 is 0 Å². The summed E-state index contributed by atoms with van der Waals surface area (Å²) < 4.78 is 5.94. The van der Waals surface area contributed by atoms with Crippen LogP contribution in [0.25, 0.3) is 0 Å². The number of carbonyl (C=O) groups excluding carboxylic acids is 2. The van der Waals surface area contributed by atoms with E-state index in [1.165, 1.54) is 212 Å². The molecule has 0 heterocycles. The summed E-state index contributed by atoms with van der Waals surface area (Å²) in [4.78, 5) is 26.1. The van der Waals surface area contributed by atoms with Gasteiger partial charge in [0.05, 0.1) is 25.2 Å². The summed E-state index contributed by atoms with van der Waals surface area (Å²) in [6.07, 6.45) is 50.2. The predicted octanol–water partition coefficient (Wildman–Crippen LogP) is 15.6. The molecule has 0 aliphatic heterocycles. The highest BCUT2D eigenvalue weighted by Crippen LogP contribution is 2.19. The number of aliphatic hydroxyl groups is 2. The molecular formula is C52H103NO5. The minimum absolute atomic E-state index is 0.0878. The van der Waals surface area contributed by atoms with E-state index in [0.29, 0.717) is 19.3 Å². The standard InChI is InChI=1S/C52H103NO5/c1-4-7-10-13-16-19-21-23-25-26-27-29-32-34-37-40-43-48(58-52(57)45-42-39-36-33-30-28-24-22-20-17-14-11-8-5-2)46-51(56)53-49(47-54)50(55)44-41-38-35-31-18-15-12-9-6-3/h48-50,54-55H,4-47H2,1-3H3,(H,53,56). The first-order valence-electron chi connectivity index (χ1n) is 26.3. The molecule has 6 nitrogen and oxygen atoms in total. The van der Waals surface area contributed by atoms with Crippen LogP contribution < -0.4 is 5.32 Å². The Morgan fingerprint density at radius 1 is 0.431 bits per heavy atom. The molecule has 6 heteroatoms. The summed E-state index contributed by atoms with van der Waals surface area (Å²) in [7, 11) is 0. The molecule has 0 aliphatic carbocycles. The summed E-state index contributed by atoms with van der Waals surface area (Å²) >= 11 is 0. The van der Waals surface area contributed by atoms with Gasteiger partial charge in [-0.3, -0.25) is 9.59 Å². The van der Waals surface area contributed by atoms with Gasteiger partial charge in [-0.15, -0.1) is 0 Å². The van der Waals surface area contributed by atoms with Gasteiger partial charge in [0.15, 0.2) is 0 Å². The van der Waals surface area contributed by atoms with Gasteiger partial charge in [0.1, 0.15) is 6.10 Å². The molecular weight excluding hydrogens is 719 g/mol. The molecule has 1 amide bonds. The number of carbonyl (C=O) groups is 2. The smallest absolute Gasteiger partial charge is 0.306 e. The van der Waals surface area contributed by atoms with Crippen molar-refractivity contribution in [2.45, 2.75) is 315 Å². The lowest BCUT2D eigenvalue weighted by molar-refractivity contribution is -0.151. The fourth-order valence-electron chi connectivity index (χ4n) is 8.43. The van der Waals surface area contributed by atoms with Crippen molar-refractivity contribution in [3.8, 4) is 0 Å². The molecule has 0 rings (SSSR count). The third-order valence-corrected chi connectivity index (χ3v) is 12.4. The fourth-order valence-corrected chi connectivity index (χ4v) is 8.43. The van der Waals surface area contributed by atoms with Gasteiger partial charge in [-0.2, -0.15) is 0 Å². The summed E-state index contributed by atoms with van der Waals surface area (Å²) in [5, 5.41) is 23.7. The van der Waals surface area contributed by atoms with Gasteiger partial charge in [-0.1, -0.05) is 258 Å². The topological polar surface area (TPSA) is 95.9 Å². The molecule has 0 aromatic rings. The molecule has 0 spiro atoms. The number of hydrogen-bond donors (Lipinski definition) is 3. The average Bonchev–Trinajstić information content (AvgIpc) is 3.22. The van der Waals surface area contributed by atoms with E-state index < -0.39 is 18.2 Å². The lowest BCUT2D eigenvalue weighted by atomic mass is 10.0. The van der Waals surface area contributed by atoms with Crippen molar-refractivity contribution >= 4 is 11.9 Å². The van der Waals surface area contributed by atoms with Gasteiger partial charge in [0.25, 0.3) is 0 Å². The third kappa shape index (κ3) is 41.6. The SMILES string of the molecule is CCCCCCCCCCCCCCCCCCC(CC(=O)NC(CO)C(O)CCCCCCCCCCC)OC(=O)CCCCCCCCCCCCCCCC. The van der Waals surface area contributed by atoms with Gasteiger partial charge >= 0.3 is 5.97 Å². The molecule has 346 valence electrons. The van der Waals surface area contributed by atoms with Gasteiger partial charge < -0.3 is 20.3 Å². The van der Waals surface area contributed by atoms with Crippen molar-refractivity contribution in [1.82, 2.24) is 5.32 Å². The maximum atomic E-state index is 13.2. The summed E-state index contributed by atoms with van der Waals surface area (Å²) in [5.74, 6) is -0.451. The maximum absolute atomic E-state index is 13.2. The number of rotatable bonds is 48. The third-order valence-electron chi connectivity index (χ3n) is 12.4. The molecule has 0 aromatic carbocycles. The van der Waals surface area contributed by atoms with Crippen LogP contribution in [0.2, 0.25) is 0 Å². The Hall–Kier alpha value is -1.14. The highest BCUT2D eigenvalue weighted by atomic mass is 16.5. The zero-order chi connectivity index (χ0) is 42.4. The molecule has 58 heavy (non-hydrogen) atoms. The quantitative estimate of drug-likeness (QED) is 0.0420. The van der Waals surface area contributed by atoms with Gasteiger partial charge in [0.2, 0.25) is 5.91 Å². The van der Waals surface area contributed by atoms with Gasteiger partial charge in [-0.05, 0) is 25.7 Å². The Morgan fingerprint density at radius 2 is 0.724 bits per heavy atom. The Morgan fingerprint density at radius 3 is 1.05 bits per heavy atom. The summed E-state index contributed by atoms with van der Waals surface area (Å²) in [5.41, 5.74) is 0. The molecule has 0 saturated carbocycles. The van der Waals surface area contributed by atoms with Crippen LogP contribution in [-0.4, -0.2) is 46.9 Å². The molecule has 0 saturated heterocycles. The average molecular weight is 822 g/mol. The first-order chi connectivity index (χ1) is 28.5. The van der Waals surface area contributed by atoms with Crippen LogP contribution in [0.1, 0.15) is 297 Å². The number of amides is 1. The first kappa shape index (κ1) is 56.9. The minimum atomic E-state index is -0.778. The number of aliphatic hydroxyl groups excluding tert-OH is 2. The summed E-state index contributed by atoms with van der Waals surface area (Å²) in [6, 6.07) is -0.691. The van der Waals surface area contributed by atoms with Crippen molar-refractivity contribution in [3.63, 3.8) is 0 Å². The van der Waals surface area contributed by atoms with Crippen LogP contribution in [0.5, 0.6) is 0 Å². The zero-order valence-corrected chi connectivity index (χ0v) is 39.5. The van der Waals surface area contributed by atoms with E-state index in [0.717, 1.165) is 38.5 Å². The van der Waals surface area contributed by atoms with Crippen LogP contribution in [0.3, 0.4) is 0 Å². The number of hydrogen-bond acceptors (Lipinski definition) is 5. The summed E-state index contributed by atoms with van der Waals surface area (Å²) in [6.45, 7) is 6.50. The van der Waals surface area contributed by atoms with E-state index in [9.17, 15) is 19.8 Å². The Kier molecular flexibility index (Phi) is 46.0. The van der Waals surface area contributed by atoms with Crippen LogP contribution >= 0.6 is 0 Å². The molecule has 0 fully saturated rings. The van der Waals surface area contributed by atoms with E-state index in [2.05, 4.69) is 26.1 Å². The second kappa shape index (κ2) is 46.9. The van der Waals surface area contributed by atoms with Crippen LogP contribution in [0, 0.1) is 0 Å². The number of esters is 1. The molecule has 0 radical (unpaired) electrons. The van der Waals surface area contributed by atoms with Crippen molar-refractivity contribution < 1.29 is 24.5 Å². The Labute approximate surface area is 362 Å². The van der Waals surface area contributed by atoms with Crippen LogP contribution in [-0.2, 0) is 14.3 Å². The molecule has 3 atom stereocenters. The van der Waals surface area contributed by atoms with Gasteiger partial charge in [-0.25, -0.2) is 0 Å².